The van der Waals surface area contributed by atoms with Gasteiger partial charge in [0.15, 0.2) is 6.10 Å². The van der Waals surface area contributed by atoms with Crippen molar-refractivity contribution in [2.45, 2.75) is 79.6 Å². The lowest BCUT2D eigenvalue weighted by atomic mass is 9.81. The van der Waals surface area contributed by atoms with E-state index < -0.39 is 17.7 Å². The van der Waals surface area contributed by atoms with Gasteiger partial charge in [0.05, 0.1) is 17.8 Å². The maximum Gasteiger partial charge on any atom is 0.337 e. The van der Waals surface area contributed by atoms with Gasteiger partial charge in [-0.05, 0) is 87.4 Å². The monoisotopic (exact) mass is 600 g/mol. The molecule has 9 nitrogen and oxygen atoms in total. The van der Waals surface area contributed by atoms with Crippen molar-refractivity contribution in [1.29, 1.82) is 0 Å². The molecule has 3 heterocycles. The second-order valence-corrected chi connectivity index (χ2v) is 13.4. The van der Waals surface area contributed by atoms with Crippen molar-refractivity contribution < 1.29 is 19.0 Å². The smallest absolute Gasteiger partial charge is 0.337 e. The van der Waals surface area contributed by atoms with Crippen molar-refractivity contribution in [3.63, 3.8) is 0 Å². The van der Waals surface area contributed by atoms with Crippen LogP contribution in [0.15, 0.2) is 48.5 Å². The summed E-state index contributed by atoms with van der Waals surface area (Å²) in [5.41, 5.74) is 5.77. The van der Waals surface area contributed by atoms with Gasteiger partial charge >= 0.3 is 5.97 Å². The molecular formula is C34H41FN6O3. The molecule has 0 saturated carbocycles. The number of benzene rings is 2. The molecule has 0 aliphatic carbocycles. The summed E-state index contributed by atoms with van der Waals surface area (Å²) in [7, 11) is 0. The summed E-state index contributed by atoms with van der Waals surface area (Å²) in [4.78, 5) is 21.4. The molecule has 4 aromatic rings. The molecular weight excluding hydrogens is 559 g/mol. The zero-order valence-corrected chi connectivity index (χ0v) is 26.6. The fourth-order valence-corrected chi connectivity index (χ4v) is 5.75. The highest BCUT2D eigenvalue weighted by atomic mass is 19.1. The van der Waals surface area contributed by atoms with Gasteiger partial charge in [-0.2, -0.15) is 4.80 Å². The zero-order chi connectivity index (χ0) is 31.8. The molecule has 2 aromatic heterocycles. The largest absolute Gasteiger partial charge is 0.479 e. The highest BCUT2D eigenvalue weighted by molar-refractivity contribution is 5.88. The number of ether oxygens (including phenoxy) is 1. The normalized spacial score (nSPS) is 15.8. The minimum atomic E-state index is -1.19. The Morgan fingerprint density at radius 3 is 2.34 bits per heavy atom. The van der Waals surface area contributed by atoms with Crippen molar-refractivity contribution in [2.75, 3.05) is 18.0 Å². The van der Waals surface area contributed by atoms with Crippen LogP contribution in [-0.4, -0.2) is 55.0 Å². The SMILES string of the molecule is Cc1nc(C)c([C@H](OC(C)(C)C)C(=O)O)c(N2CCC(C)(C)CC2)c1-c1cccc(-c2nnn(Cc3ccc(F)cc3)n2)c1. The second-order valence-electron chi connectivity index (χ2n) is 13.4. The van der Waals surface area contributed by atoms with E-state index in [1.807, 2.05) is 58.9 Å². The molecule has 1 aliphatic rings. The van der Waals surface area contributed by atoms with E-state index in [4.69, 9.17) is 9.72 Å². The number of piperidine rings is 1. The van der Waals surface area contributed by atoms with E-state index in [1.165, 1.54) is 16.9 Å². The van der Waals surface area contributed by atoms with Crippen LogP contribution in [0.3, 0.4) is 0 Å². The summed E-state index contributed by atoms with van der Waals surface area (Å²) >= 11 is 0. The molecule has 0 spiro atoms. The average molecular weight is 601 g/mol. The van der Waals surface area contributed by atoms with Crippen LogP contribution in [0.1, 0.15) is 76.1 Å². The topological polar surface area (TPSA) is 106 Å². The summed E-state index contributed by atoms with van der Waals surface area (Å²) < 4.78 is 19.5. The van der Waals surface area contributed by atoms with E-state index in [0.717, 1.165) is 59.6 Å². The first kappa shape index (κ1) is 31.3. The number of carbonyl (C=O) groups is 1. The number of halogens is 1. The number of carboxylic acid groups (broad SMARTS) is 1. The Bertz CT molecular complexity index is 1650. The van der Waals surface area contributed by atoms with Crippen molar-refractivity contribution in [2.24, 2.45) is 5.41 Å². The summed E-state index contributed by atoms with van der Waals surface area (Å²) in [6.07, 6.45) is 0.763. The van der Waals surface area contributed by atoms with Crippen molar-refractivity contribution >= 4 is 11.7 Å². The van der Waals surface area contributed by atoms with Gasteiger partial charge in [0.2, 0.25) is 5.82 Å². The molecule has 1 saturated heterocycles. The van der Waals surface area contributed by atoms with Crippen LogP contribution in [0.25, 0.3) is 22.5 Å². The molecule has 0 radical (unpaired) electrons. The molecule has 5 rings (SSSR count). The summed E-state index contributed by atoms with van der Waals surface area (Å²) in [5, 5.41) is 23.5. The molecule has 0 amide bonds. The number of pyridine rings is 1. The molecule has 232 valence electrons. The molecule has 1 atom stereocenters. The number of aliphatic carboxylic acids is 1. The lowest BCUT2D eigenvalue weighted by Crippen LogP contribution is -2.39. The Hall–Kier alpha value is -4.18. The molecule has 2 aromatic carbocycles. The third kappa shape index (κ3) is 6.96. The van der Waals surface area contributed by atoms with Crippen molar-refractivity contribution in [1.82, 2.24) is 25.2 Å². The van der Waals surface area contributed by atoms with Crippen LogP contribution < -0.4 is 4.90 Å². The van der Waals surface area contributed by atoms with Gasteiger partial charge in [0, 0.05) is 41.2 Å². The maximum atomic E-state index is 13.3. The van der Waals surface area contributed by atoms with Crippen LogP contribution in [0.4, 0.5) is 10.1 Å². The van der Waals surface area contributed by atoms with E-state index in [2.05, 4.69) is 34.2 Å². The fourth-order valence-electron chi connectivity index (χ4n) is 5.75. The Kier molecular flexibility index (Phi) is 8.57. The lowest BCUT2D eigenvalue weighted by Gasteiger charge is -2.41. The number of anilines is 1. The van der Waals surface area contributed by atoms with Gasteiger partial charge < -0.3 is 14.7 Å². The van der Waals surface area contributed by atoms with E-state index in [-0.39, 0.29) is 11.2 Å². The summed E-state index contributed by atoms with van der Waals surface area (Å²) in [6.45, 7) is 15.9. The number of carboxylic acids is 1. The third-order valence-electron chi connectivity index (χ3n) is 8.07. The van der Waals surface area contributed by atoms with Gasteiger partial charge in [0.1, 0.15) is 5.82 Å². The second kappa shape index (κ2) is 12.1. The van der Waals surface area contributed by atoms with Crippen LogP contribution in [-0.2, 0) is 16.1 Å². The van der Waals surface area contributed by atoms with Crippen LogP contribution in [0.5, 0.6) is 0 Å². The number of hydrogen-bond donors (Lipinski definition) is 1. The standard InChI is InChI=1S/C34H41FN6O3/c1-21-27(24-9-8-10-25(19-24)31-37-39-41(38-31)20-23-11-13-26(35)14-12-23)29(40-17-15-34(6,7)16-18-40)28(22(2)36-21)30(32(42)43)44-33(3,4)5/h8-14,19,30H,15-18,20H2,1-7H3,(H,42,43)/t30-/m0/s1. The number of rotatable bonds is 8. The molecule has 0 bridgehead atoms. The first-order chi connectivity index (χ1) is 20.7. The molecule has 1 N–H and O–H groups in total. The Balaban J connectivity index is 1.61. The number of aryl methyl sites for hydroxylation is 2. The maximum absolute atomic E-state index is 13.3. The number of tetrazole rings is 1. The van der Waals surface area contributed by atoms with E-state index in [1.54, 1.807) is 12.1 Å². The van der Waals surface area contributed by atoms with Gasteiger partial charge in [-0.1, -0.05) is 44.2 Å². The molecule has 10 heteroatoms. The fraction of sp³-hybridized carbons (Fsp3) is 0.441. The first-order valence-electron chi connectivity index (χ1n) is 15.0. The minimum Gasteiger partial charge on any atom is -0.479 e. The Morgan fingerprint density at radius 1 is 1.05 bits per heavy atom. The van der Waals surface area contributed by atoms with Crippen LogP contribution in [0.2, 0.25) is 0 Å². The van der Waals surface area contributed by atoms with Gasteiger partial charge in [-0.25, -0.2) is 9.18 Å². The average Bonchev–Trinajstić information content (AvgIpc) is 3.41. The quantitative estimate of drug-likeness (QED) is 0.236. The highest BCUT2D eigenvalue weighted by Gasteiger charge is 2.36. The van der Waals surface area contributed by atoms with E-state index >= 15 is 0 Å². The predicted octanol–water partition coefficient (Wildman–Crippen LogP) is 6.77. The van der Waals surface area contributed by atoms with Gasteiger partial charge in [0.25, 0.3) is 0 Å². The number of nitrogens with zero attached hydrogens (tertiary/aromatic N) is 6. The van der Waals surface area contributed by atoms with E-state index in [9.17, 15) is 14.3 Å². The molecule has 0 unspecified atom stereocenters. The van der Waals surface area contributed by atoms with Gasteiger partial charge in [-0.15, -0.1) is 10.2 Å². The van der Waals surface area contributed by atoms with Crippen molar-refractivity contribution in [3.05, 3.63) is 76.9 Å². The number of hydrogen-bond acceptors (Lipinski definition) is 7. The Labute approximate surface area is 258 Å². The summed E-state index contributed by atoms with van der Waals surface area (Å²) in [6, 6.07) is 14.1. The van der Waals surface area contributed by atoms with Crippen LogP contribution >= 0.6 is 0 Å². The highest BCUT2D eigenvalue weighted by Crippen LogP contribution is 2.45. The summed E-state index contributed by atoms with van der Waals surface area (Å²) in [5.74, 6) is -0.893. The number of aromatic nitrogens is 5. The molecule has 44 heavy (non-hydrogen) atoms. The third-order valence-corrected chi connectivity index (χ3v) is 8.07. The lowest BCUT2D eigenvalue weighted by molar-refractivity contribution is -0.160. The Morgan fingerprint density at radius 2 is 1.70 bits per heavy atom. The minimum absolute atomic E-state index is 0.202. The molecule has 1 aliphatic heterocycles. The van der Waals surface area contributed by atoms with Crippen molar-refractivity contribution in [3.8, 4) is 22.5 Å². The van der Waals surface area contributed by atoms with Gasteiger partial charge in [-0.3, -0.25) is 4.98 Å². The zero-order valence-electron chi connectivity index (χ0n) is 26.6. The van der Waals surface area contributed by atoms with Crippen LogP contribution in [0, 0.1) is 25.1 Å². The van der Waals surface area contributed by atoms with E-state index in [0.29, 0.717) is 23.6 Å². The predicted molar refractivity (Wildman–Crippen MR) is 168 cm³/mol. The first-order valence-corrected chi connectivity index (χ1v) is 15.0. The molecule has 1 fully saturated rings.